The minimum atomic E-state index is -3.54. The van der Waals surface area contributed by atoms with Crippen LogP contribution >= 0.6 is 0 Å². The van der Waals surface area contributed by atoms with Gasteiger partial charge < -0.3 is 0 Å². The molecule has 90 valence electrons. The van der Waals surface area contributed by atoms with Crippen LogP contribution in [0.25, 0.3) is 0 Å². The Balaban J connectivity index is 2.26. The molecule has 0 unspecified atom stereocenters. The Labute approximate surface area is 100 Å². The van der Waals surface area contributed by atoms with E-state index in [0.29, 0.717) is 5.69 Å². The molecular formula is C11H13N3O2S. The highest BCUT2D eigenvalue weighted by Crippen LogP contribution is 2.15. The lowest BCUT2D eigenvalue weighted by Crippen LogP contribution is -2.12. The van der Waals surface area contributed by atoms with Gasteiger partial charge in [-0.15, -0.1) is 0 Å². The molecule has 0 radical (unpaired) electrons. The smallest absolute Gasteiger partial charge is 0.265 e. The van der Waals surface area contributed by atoms with E-state index in [0.717, 1.165) is 5.56 Å². The molecule has 5 nitrogen and oxygen atoms in total. The number of nitrogens with zero attached hydrogens (tertiary/aromatic N) is 2. The molecule has 1 aromatic carbocycles. The second-order valence-electron chi connectivity index (χ2n) is 3.82. The van der Waals surface area contributed by atoms with Crippen LogP contribution in [0.3, 0.4) is 0 Å². The maximum absolute atomic E-state index is 11.9. The van der Waals surface area contributed by atoms with Crippen LogP contribution in [0.15, 0.2) is 41.6 Å². The predicted molar refractivity (Wildman–Crippen MR) is 65.2 cm³/mol. The normalized spacial score (nSPS) is 11.4. The van der Waals surface area contributed by atoms with Crippen LogP contribution in [0.2, 0.25) is 0 Å². The molecule has 2 rings (SSSR count). The number of rotatable bonds is 3. The van der Waals surface area contributed by atoms with Crippen LogP contribution in [0, 0.1) is 6.92 Å². The van der Waals surface area contributed by atoms with Crippen molar-refractivity contribution < 1.29 is 8.42 Å². The zero-order valence-electron chi connectivity index (χ0n) is 9.58. The molecule has 1 heterocycles. The Kier molecular flexibility index (Phi) is 2.89. The van der Waals surface area contributed by atoms with Crippen LogP contribution in [0.1, 0.15) is 5.56 Å². The molecule has 0 spiro atoms. The second kappa shape index (κ2) is 4.21. The van der Waals surface area contributed by atoms with Crippen LogP contribution in [-0.4, -0.2) is 18.2 Å². The van der Waals surface area contributed by atoms with Gasteiger partial charge in [-0.3, -0.25) is 9.40 Å². The number of nitrogens with one attached hydrogen (secondary N) is 1. The maximum Gasteiger partial charge on any atom is 0.265 e. The Hall–Kier alpha value is -1.82. The molecule has 2 aromatic rings. The third-order valence-corrected chi connectivity index (χ3v) is 3.63. The van der Waals surface area contributed by atoms with Crippen molar-refractivity contribution in [1.82, 2.24) is 9.78 Å². The van der Waals surface area contributed by atoms with Crippen LogP contribution in [0.4, 0.5) is 5.69 Å². The monoisotopic (exact) mass is 251 g/mol. The van der Waals surface area contributed by atoms with Crippen molar-refractivity contribution in [2.24, 2.45) is 7.05 Å². The minimum absolute atomic E-state index is 0.153. The van der Waals surface area contributed by atoms with Crippen LogP contribution in [-0.2, 0) is 17.1 Å². The Bertz CT molecular complexity index is 614. The summed E-state index contributed by atoms with van der Waals surface area (Å²) in [5.41, 5.74) is 1.62. The number of aromatic nitrogens is 2. The minimum Gasteiger partial charge on any atom is -0.280 e. The van der Waals surface area contributed by atoms with Crippen LogP contribution < -0.4 is 4.72 Å². The maximum atomic E-state index is 11.9. The average molecular weight is 251 g/mol. The van der Waals surface area contributed by atoms with E-state index in [9.17, 15) is 8.42 Å². The van der Waals surface area contributed by atoms with E-state index in [-0.39, 0.29) is 4.90 Å². The lowest BCUT2D eigenvalue weighted by molar-refractivity contribution is 0.601. The Morgan fingerprint density at radius 2 is 1.88 bits per heavy atom. The Morgan fingerprint density at radius 1 is 1.24 bits per heavy atom. The van der Waals surface area contributed by atoms with Crippen molar-refractivity contribution in [1.29, 1.82) is 0 Å². The van der Waals surface area contributed by atoms with Crippen molar-refractivity contribution in [2.75, 3.05) is 4.72 Å². The lowest BCUT2D eigenvalue weighted by Gasteiger charge is -2.05. The number of hydrogen-bond donors (Lipinski definition) is 1. The van der Waals surface area contributed by atoms with Crippen molar-refractivity contribution in [3.05, 3.63) is 42.2 Å². The van der Waals surface area contributed by atoms with Gasteiger partial charge in [-0.25, -0.2) is 8.42 Å². The highest BCUT2D eigenvalue weighted by molar-refractivity contribution is 7.92. The highest BCUT2D eigenvalue weighted by Gasteiger charge is 2.15. The quantitative estimate of drug-likeness (QED) is 0.899. The summed E-state index contributed by atoms with van der Waals surface area (Å²) in [5.74, 6) is 0. The van der Waals surface area contributed by atoms with Gasteiger partial charge in [0.25, 0.3) is 10.0 Å². The fourth-order valence-corrected chi connectivity index (χ4v) is 2.41. The third-order valence-electron chi connectivity index (χ3n) is 2.30. The molecule has 1 aromatic heterocycles. The summed E-state index contributed by atoms with van der Waals surface area (Å²) >= 11 is 0. The first kappa shape index (κ1) is 11.7. The van der Waals surface area contributed by atoms with Gasteiger partial charge in [-0.2, -0.15) is 5.10 Å². The molecule has 0 saturated heterocycles. The van der Waals surface area contributed by atoms with Crippen molar-refractivity contribution in [3.63, 3.8) is 0 Å². The summed E-state index contributed by atoms with van der Waals surface area (Å²) in [5, 5.41) is 3.84. The van der Waals surface area contributed by atoms with E-state index >= 15 is 0 Å². The first-order chi connectivity index (χ1) is 7.97. The molecule has 6 heteroatoms. The van der Waals surface area contributed by atoms with E-state index in [1.165, 1.54) is 17.1 Å². The fraction of sp³-hybridized carbons (Fsp3) is 0.182. The predicted octanol–water partition coefficient (Wildman–Crippen LogP) is 1.53. The van der Waals surface area contributed by atoms with Gasteiger partial charge in [-0.05, 0) is 19.1 Å². The highest BCUT2D eigenvalue weighted by atomic mass is 32.2. The molecule has 0 bridgehead atoms. The molecule has 0 fully saturated rings. The number of anilines is 1. The molecular weight excluding hydrogens is 238 g/mol. The number of benzene rings is 1. The van der Waals surface area contributed by atoms with Gasteiger partial charge in [0.1, 0.15) is 4.90 Å². The van der Waals surface area contributed by atoms with Gasteiger partial charge in [0.05, 0.1) is 6.20 Å². The van der Waals surface area contributed by atoms with Gasteiger partial charge in [0.15, 0.2) is 0 Å². The van der Waals surface area contributed by atoms with E-state index < -0.39 is 10.0 Å². The molecule has 0 aliphatic rings. The molecule has 0 amide bonds. The van der Waals surface area contributed by atoms with Gasteiger partial charge in [-0.1, -0.05) is 17.7 Å². The fourth-order valence-electron chi connectivity index (χ4n) is 1.37. The first-order valence-corrected chi connectivity index (χ1v) is 6.54. The zero-order valence-corrected chi connectivity index (χ0v) is 10.4. The zero-order chi connectivity index (χ0) is 12.5. The molecule has 0 atom stereocenters. The van der Waals surface area contributed by atoms with Gasteiger partial charge >= 0.3 is 0 Å². The first-order valence-electron chi connectivity index (χ1n) is 5.05. The topological polar surface area (TPSA) is 64.0 Å². The molecule has 0 aliphatic heterocycles. The number of sulfonamides is 1. The summed E-state index contributed by atoms with van der Waals surface area (Å²) in [6.45, 7) is 1.94. The summed E-state index contributed by atoms with van der Waals surface area (Å²) in [6, 6.07) is 7.15. The van der Waals surface area contributed by atoms with E-state index in [4.69, 9.17) is 0 Å². The third kappa shape index (κ3) is 2.65. The largest absolute Gasteiger partial charge is 0.280 e. The van der Waals surface area contributed by atoms with E-state index in [1.807, 2.05) is 19.1 Å². The molecule has 17 heavy (non-hydrogen) atoms. The summed E-state index contributed by atoms with van der Waals surface area (Å²) in [7, 11) is -1.87. The second-order valence-corrected chi connectivity index (χ2v) is 5.50. The van der Waals surface area contributed by atoms with E-state index in [2.05, 4.69) is 9.82 Å². The SMILES string of the molecule is Cc1ccc(NS(=O)(=O)c2cnn(C)c2)cc1. The molecule has 0 aliphatic carbocycles. The average Bonchev–Trinajstić information content (AvgIpc) is 2.69. The molecule has 1 N–H and O–H groups in total. The van der Waals surface area contributed by atoms with E-state index in [1.54, 1.807) is 19.2 Å². The summed E-state index contributed by atoms with van der Waals surface area (Å²) in [4.78, 5) is 0.153. The van der Waals surface area contributed by atoms with Crippen LogP contribution in [0.5, 0.6) is 0 Å². The van der Waals surface area contributed by atoms with Crippen molar-refractivity contribution in [2.45, 2.75) is 11.8 Å². The Morgan fingerprint density at radius 3 is 2.41 bits per heavy atom. The number of hydrogen-bond acceptors (Lipinski definition) is 3. The summed E-state index contributed by atoms with van der Waals surface area (Å²) in [6.07, 6.45) is 2.77. The number of aryl methyl sites for hydroxylation is 2. The van der Waals surface area contributed by atoms with Crippen molar-refractivity contribution in [3.8, 4) is 0 Å². The van der Waals surface area contributed by atoms with Crippen molar-refractivity contribution >= 4 is 15.7 Å². The lowest BCUT2D eigenvalue weighted by atomic mass is 10.2. The molecule has 0 saturated carbocycles. The standard InChI is InChI=1S/C11H13N3O2S/c1-9-3-5-10(6-4-9)13-17(15,16)11-7-12-14(2)8-11/h3-8,13H,1-2H3. The van der Waals surface area contributed by atoms with Gasteiger partial charge in [0, 0.05) is 18.9 Å². The van der Waals surface area contributed by atoms with Gasteiger partial charge in [0.2, 0.25) is 0 Å². The summed E-state index contributed by atoms with van der Waals surface area (Å²) < 4.78 is 27.8.